The highest BCUT2D eigenvalue weighted by Gasteiger charge is 2.40. The van der Waals surface area contributed by atoms with Gasteiger partial charge >= 0.3 is 12.4 Å². The monoisotopic (exact) mass is 493 g/mol. The zero-order valence-corrected chi connectivity index (χ0v) is 19.1. The number of nitrogens with one attached hydrogen (secondary N) is 1. The van der Waals surface area contributed by atoms with E-state index >= 15 is 0 Å². The number of rotatable bonds is 8. The van der Waals surface area contributed by atoms with Crippen LogP contribution >= 0.6 is 0 Å². The summed E-state index contributed by atoms with van der Waals surface area (Å²) in [6.07, 6.45) is -3.83. The van der Waals surface area contributed by atoms with Gasteiger partial charge in [0.05, 0.1) is 23.3 Å². The van der Waals surface area contributed by atoms with Crippen LogP contribution in [0.15, 0.2) is 42.3 Å². The minimum absolute atomic E-state index is 0.0274. The van der Waals surface area contributed by atoms with Gasteiger partial charge in [-0.25, -0.2) is 4.39 Å². The first kappa shape index (κ1) is 26.7. The maximum Gasteiger partial charge on any atom is 0.416 e. The van der Waals surface area contributed by atoms with Crippen LogP contribution in [0.25, 0.3) is 0 Å². The molecule has 9 heteroatoms. The van der Waals surface area contributed by atoms with Gasteiger partial charge in [0.2, 0.25) is 0 Å². The van der Waals surface area contributed by atoms with Crippen molar-refractivity contribution < 1.29 is 35.5 Å². The molecule has 1 aliphatic carbocycles. The van der Waals surface area contributed by atoms with Crippen molar-refractivity contribution in [1.82, 2.24) is 5.32 Å². The summed E-state index contributed by atoms with van der Waals surface area (Å²) in [5.74, 6) is -0.184. The van der Waals surface area contributed by atoms with Crippen LogP contribution in [-0.2, 0) is 17.1 Å². The quantitative estimate of drug-likeness (QED) is 0.376. The summed E-state index contributed by atoms with van der Waals surface area (Å²) >= 11 is 0. The molecule has 1 fully saturated rings. The fraction of sp³-hybridized carbons (Fsp3) is 0.600. The van der Waals surface area contributed by atoms with E-state index in [1.165, 1.54) is 19.1 Å². The van der Waals surface area contributed by atoms with E-state index in [2.05, 4.69) is 5.32 Å². The Morgan fingerprint density at radius 2 is 1.71 bits per heavy atom. The summed E-state index contributed by atoms with van der Waals surface area (Å²) in [6.45, 7) is 4.99. The molecule has 0 aromatic heterocycles. The topological polar surface area (TPSA) is 21.3 Å². The Morgan fingerprint density at radius 3 is 2.18 bits per heavy atom. The highest BCUT2D eigenvalue weighted by atomic mass is 19.4. The molecule has 190 valence electrons. The van der Waals surface area contributed by atoms with Crippen molar-refractivity contribution in [3.63, 3.8) is 0 Å². The lowest BCUT2D eigenvalue weighted by Crippen LogP contribution is -2.37. The molecule has 1 unspecified atom stereocenters. The van der Waals surface area contributed by atoms with Crippen molar-refractivity contribution in [3.05, 3.63) is 58.9 Å². The standard InChI is InChI=1S/C25H30F7NO/c1-3-4-22(23(17-9-10-33-14-17)16-5-7-21(26)8-6-16)34-15(2)18-11-19(24(27,28)29)13-20(12-18)25(30,31)32/h5,7-8,11-13,15-17,22-23,33H,3-4,6,9-10,14H2,1-2H3/t15-,16?,17+,22+,23+/m0/s1. The number of ether oxygens (including phenoxy) is 1. The van der Waals surface area contributed by atoms with E-state index in [0.29, 0.717) is 12.8 Å². The molecule has 3 rings (SSSR count). The van der Waals surface area contributed by atoms with Crippen LogP contribution in [-0.4, -0.2) is 19.2 Å². The third-order valence-electron chi connectivity index (χ3n) is 6.69. The second-order valence-corrected chi connectivity index (χ2v) is 9.12. The molecule has 1 saturated heterocycles. The van der Waals surface area contributed by atoms with Crippen LogP contribution in [0.1, 0.15) is 62.3 Å². The predicted octanol–water partition coefficient (Wildman–Crippen LogP) is 7.63. The lowest BCUT2D eigenvalue weighted by atomic mass is 9.73. The van der Waals surface area contributed by atoms with Crippen LogP contribution in [0, 0.1) is 17.8 Å². The Labute approximate surface area is 195 Å². The summed E-state index contributed by atoms with van der Waals surface area (Å²) in [5.41, 5.74) is -2.88. The summed E-state index contributed by atoms with van der Waals surface area (Å²) < 4.78 is 99.8. The van der Waals surface area contributed by atoms with E-state index < -0.39 is 35.7 Å². The van der Waals surface area contributed by atoms with E-state index in [1.54, 1.807) is 6.08 Å². The van der Waals surface area contributed by atoms with Crippen LogP contribution in [0.3, 0.4) is 0 Å². The van der Waals surface area contributed by atoms with Crippen molar-refractivity contribution >= 4 is 0 Å². The average molecular weight is 494 g/mol. The number of halogens is 7. The van der Waals surface area contributed by atoms with Gasteiger partial charge in [0.25, 0.3) is 0 Å². The van der Waals surface area contributed by atoms with E-state index in [0.717, 1.165) is 38.1 Å². The summed E-state index contributed by atoms with van der Waals surface area (Å²) in [4.78, 5) is 0. The maximum atomic E-state index is 13.6. The molecule has 1 N–H and O–H groups in total. The first-order valence-corrected chi connectivity index (χ1v) is 11.6. The summed E-state index contributed by atoms with van der Waals surface area (Å²) in [7, 11) is 0. The zero-order chi connectivity index (χ0) is 25.1. The fourth-order valence-electron chi connectivity index (χ4n) is 5.02. The van der Waals surface area contributed by atoms with E-state index in [4.69, 9.17) is 4.74 Å². The molecule has 0 bridgehead atoms. The third-order valence-corrected chi connectivity index (χ3v) is 6.69. The molecule has 0 radical (unpaired) electrons. The van der Waals surface area contributed by atoms with E-state index in [9.17, 15) is 30.7 Å². The number of hydrogen-bond acceptors (Lipinski definition) is 2. The van der Waals surface area contributed by atoms with Gasteiger partial charge in [-0.15, -0.1) is 0 Å². The minimum Gasteiger partial charge on any atom is -0.370 e. The maximum absolute atomic E-state index is 13.6. The Morgan fingerprint density at radius 1 is 1.06 bits per heavy atom. The van der Waals surface area contributed by atoms with Gasteiger partial charge in [-0.05, 0) is 92.9 Å². The van der Waals surface area contributed by atoms with Gasteiger partial charge in [0, 0.05) is 0 Å². The van der Waals surface area contributed by atoms with Gasteiger partial charge in [-0.3, -0.25) is 0 Å². The van der Waals surface area contributed by atoms with Crippen molar-refractivity contribution in [3.8, 4) is 0 Å². The largest absolute Gasteiger partial charge is 0.416 e. The zero-order valence-electron chi connectivity index (χ0n) is 19.1. The highest BCUT2D eigenvalue weighted by Crippen LogP contribution is 2.41. The Hall–Kier alpha value is -1.87. The van der Waals surface area contributed by atoms with Crippen molar-refractivity contribution in [2.24, 2.45) is 17.8 Å². The lowest BCUT2D eigenvalue weighted by Gasteiger charge is -2.38. The molecule has 2 nitrogen and oxygen atoms in total. The van der Waals surface area contributed by atoms with Crippen molar-refractivity contribution in [2.75, 3.05) is 13.1 Å². The van der Waals surface area contributed by atoms with Gasteiger partial charge < -0.3 is 10.1 Å². The molecule has 5 atom stereocenters. The Bertz CT molecular complexity index is 852. The molecule has 1 aromatic carbocycles. The Balaban J connectivity index is 1.92. The number of benzene rings is 1. The number of alkyl halides is 6. The molecule has 1 aliphatic heterocycles. The molecule has 1 heterocycles. The first-order valence-electron chi connectivity index (χ1n) is 11.6. The van der Waals surface area contributed by atoms with E-state index in [1.807, 2.05) is 6.92 Å². The summed E-state index contributed by atoms with van der Waals surface area (Å²) in [6, 6.07) is 1.59. The van der Waals surface area contributed by atoms with Gasteiger partial charge in [-0.2, -0.15) is 26.3 Å². The SMILES string of the molecule is CCC[C@@H](O[C@@H](C)c1cc(C(F)(F)F)cc(C(F)(F)F)c1)[C@H](C1C=CC(F)=CC1)[C@@H]1CCNC1. The molecular weight excluding hydrogens is 463 g/mol. The van der Waals surface area contributed by atoms with Crippen LogP contribution in [0.4, 0.5) is 30.7 Å². The molecular formula is C25H30F7NO. The number of hydrogen-bond donors (Lipinski definition) is 1. The molecule has 0 saturated carbocycles. The average Bonchev–Trinajstić information content (AvgIpc) is 3.28. The number of allylic oxidation sites excluding steroid dienone is 4. The fourth-order valence-corrected chi connectivity index (χ4v) is 5.02. The Kier molecular flexibility index (Phi) is 8.50. The molecule has 0 spiro atoms. The lowest BCUT2D eigenvalue weighted by molar-refractivity contribution is -0.143. The van der Waals surface area contributed by atoms with Gasteiger partial charge in [-0.1, -0.05) is 19.4 Å². The van der Waals surface area contributed by atoms with Gasteiger partial charge in [0.1, 0.15) is 5.83 Å². The highest BCUT2D eigenvalue weighted by molar-refractivity contribution is 5.34. The smallest absolute Gasteiger partial charge is 0.370 e. The molecule has 2 aliphatic rings. The molecule has 34 heavy (non-hydrogen) atoms. The van der Waals surface area contributed by atoms with Crippen LogP contribution < -0.4 is 5.32 Å². The molecule has 1 aromatic rings. The predicted molar refractivity (Wildman–Crippen MR) is 116 cm³/mol. The second-order valence-electron chi connectivity index (χ2n) is 9.12. The third kappa shape index (κ3) is 6.62. The van der Waals surface area contributed by atoms with E-state index in [-0.39, 0.29) is 35.2 Å². The van der Waals surface area contributed by atoms with Crippen LogP contribution in [0.2, 0.25) is 0 Å². The minimum atomic E-state index is -4.92. The van der Waals surface area contributed by atoms with Crippen LogP contribution in [0.5, 0.6) is 0 Å². The summed E-state index contributed by atoms with van der Waals surface area (Å²) in [5, 5.41) is 3.31. The van der Waals surface area contributed by atoms with Gasteiger partial charge in [0.15, 0.2) is 0 Å². The normalized spacial score (nSPS) is 24.1. The van der Waals surface area contributed by atoms with Crippen molar-refractivity contribution in [2.45, 2.75) is 64.1 Å². The first-order chi connectivity index (χ1) is 15.9. The molecule has 0 amide bonds. The van der Waals surface area contributed by atoms with Crippen molar-refractivity contribution in [1.29, 1.82) is 0 Å². The second kappa shape index (κ2) is 10.8.